The molecule has 2 N–H and O–H groups in total. The van der Waals surface area contributed by atoms with Crippen LogP contribution in [0.4, 0.5) is 11.4 Å². The average Bonchev–Trinajstić information content (AvgIpc) is 2.74. The van der Waals surface area contributed by atoms with Gasteiger partial charge in [-0.05, 0) is 68.2 Å². The first kappa shape index (κ1) is 20.3. The third-order valence-corrected chi connectivity index (χ3v) is 5.34. The monoisotopic (exact) mass is 399 g/mol. The third-order valence-electron chi connectivity index (χ3n) is 5.12. The molecule has 150 valence electrons. The van der Waals surface area contributed by atoms with Gasteiger partial charge in [-0.2, -0.15) is 0 Å². The van der Waals surface area contributed by atoms with Crippen LogP contribution in [0.5, 0.6) is 11.5 Å². The molecule has 1 aliphatic rings. The first-order valence-corrected chi connectivity index (χ1v) is 10.2. The molecule has 1 atom stereocenters. The lowest BCUT2D eigenvalue weighted by Gasteiger charge is -2.29. The lowest BCUT2D eigenvalue weighted by atomic mass is 10.1. The van der Waals surface area contributed by atoms with Crippen molar-refractivity contribution in [2.24, 2.45) is 0 Å². The first-order valence-electron chi connectivity index (χ1n) is 9.75. The Kier molecular flexibility index (Phi) is 6.98. The van der Waals surface area contributed by atoms with E-state index in [4.69, 9.17) is 21.7 Å². The van der Waals surface area contributed by atoms with E-state index in [9.17, 15) is 0 Å². The summed E-state index contributed by atoms with van der Waals surface area (Å²) in [6, 6.07) is 14.5. The van der Waals surface area contributed by atoms with Crippen LogP contribution in [0.1, 0.15) is 37.8 Å². The molecule has 0 amide bonds. The first-order chi connectivity index (χ1) is 13.6. The van der Waals surface area contributed by atoms with E-state index in [1.165, 1.54) is 30.5 Å². The number of methoxy groups -OCH3 is 2. The van der Waals surface area contributed by atoms with Gasteiger partial charge >= 0.3 is 0 Å². The Hall–Kier alpha value is -2.47. The zero-order chi connectivity index (χ0) is 19.9. The summed E-state index contributed by atoms with van der Waals surface area (Å²) in [4.78, 5) is 2.47. The maximum atomic E-state index is 5.49. The smallest absolute Gasteiger partial charge is 0.171 e. The number of ether oxygens (including phenoxy) is 2. The quantitative estimate of drug-likeness (QED) is 0.684. The molecular formula is C22H29N3O2S. The Labute approximate surface area is 173 Å². The second-order valence-electron chi connectivity index (χ2n) is 7.03. The summed E-state index contributed by atoms with van der Waals surface area (Å²) in [7, 11) is 3.26. The Morgan fingerprint density at radius 1 is 1.00 bits per heavy atom. The molecule has 0 unspecified atom stereocenters. The molecule has 5 nitrogen and oxygen atoms in total. The van der Waals surface area contributed by atoms with Crippen LogP contribution in [-0.2, 0) is 0 Å². The summed E-state index contributed by atoms with van der Waals surface area (Å²) in [6.07, 6.45) is 3.92. The number of thiocarbonyl (C=S) groups is 1. The highest BCUT2D eigenvalue weighted by atomic mass is 32.1. The van der Waals surface area contributed by atoms with Gasteiger partial charge in [-0.3, -0.25) is 0 Å². The van der Waals surface area contributed by atoms with Gasteiger partial charge < -0.3 is 25.0 Å². The molecule has 0 bridgehead atoms. The predicted molar refractivity (Wildman–Crippen MR) is 120 cm³/mol. The summed E-state index contributed by atoms with van der Waals surface area (Å²) >= 11 is 5.49. The van der Waals surface area contributed by atoms with Crippen molar-refractivity contribution in [1.82, 2.24) is 5.32 Å². The van der Waals surface area contributed by atoms with Crippen LogP contribution in [0.15, 0.2) is 42.5 Å². The van der Waals surface area contributed by atoms with Gasteiger partial charge in [0.2, 0.25) is 0 Å². The number of piperidine rings is 1. The molecule has 2 aromatic carbocycles. The summed E-state index contributed by atoms with van der Waals surface area (Å²) in [6.45, 7) is 4.42. The minimum atomic E-state index is 0.0969. The van der Waals surface area contributed by atoms with E-state index in [-0.39, 0.29) is 6.04 Å². The Balaban J connectivity index is 1.59. The molecule has 0 spiro atoms. The van der Waals surface area contributed by atoms with Crippen molar-refractivity contribution < 1.29 is 9.47 Å². The van der Waals surface area contributed by atoms with Crippen molar-refractivity contribution in [3.8, 4) is 11.5 Å². The van der Waals surface area contributed by atoms with Gasteiger partial charge in [-0.1, -0.05) is 12.1 Å². The Morgan fingerprint density at radius 3 is 2.36 bits per heavy atom. The topological polar surface area (TPSA) is 45.8 Å². The van der Waals surface area contributed by atoms with Gasteiger partial charge in [-0.25, -0.2) is 0 Å². The molecule has 6 heteroatoms. The molecule has 0 aliphatic carbocycles. The van der Waals surface area contributed by atoms with Gasteiger partial charge in [0.05, 0.1) is 25.9 Å². The van der Waals surface area contributed by atoms with Gasteiger partial charge in [0.25, 0.3) is 0 Å². The molecule has 1 saturated heterocycles. The second kappa shape index (κ2) is 9.64. The maximum Gasteiger partial charge on any atom is 0.171 e. The average molecular weight is 400 g/mol. The van der Waals surface area contributed by atoms with Gasteiger partial charge in [0.15, 0.2) is 5.11 Å². The molecular weight excluding hydrogens is 370 g/mol. The van der Waals surface area contributed by atoms with Crippen molar-refractivity contribution in [3.63, 3.8) is 0 Å². The number of rotatable bonds is 6. The Bertz CT molecular complexity index is 789. The number of nitrogens with one attached hydrogen (secondary N) is 2. The van der Waals surface area contributed by atoms with E-state index < -0.39 is 0 Å². The van der Waals surface area contributed by atoms with Crippen LogP contribution < -0.4 is 25.0 Å². The summed E-state index contributed by atoms with van der Waals surface area (Å²) < 4.78 is 10.6. The lowest BCUT2D eigenvalue weighted by Crippen LogP contribution is -2.31. The molecule has 2 aromatic rings. The van der Waals surface area contributed by atoms with Crippen molar-refractivity contribution >= 4 is 28.7 Å². The number of hydrogen-bond acceptors (Lipinski definition) is 4. The van der Waals surface area contributed by atoms with E-state index in [2.05, 4.69) is 46.7 Å². The van der Waals surface area contributed by atoms with Crippen LogP contribution in [0.25, 0.3) is 0 Å². The lowest BCUT2D eigenvalue weighted by molar-refractivity contribution is 0.395. The van der Waals surface area contributed by atoms with Crippen LogP contribution in [0, 0.1) is 0 Å². The highest BCUT2D eigenvalue weighted by molar-refractivity contribution is 7.80. The summed E-state index contributed by atoms with van der Waals surface area (Å²) in [5.74, 6) is 1.42. The number of hydrogen-bond donors (Lipinski definition) is 2. The van der Waals surface area contributed by atoms with Gasteiger partial charge in [0, 0.05) is 24.8 Å². The maximum absolute atomic E-state index is 5.49. The highest BCUT2D eigenvalue weighted by Gasteiger charge is 2.13. The summed E-state index contributed by atoms with van der Waals surface area (Å²) in [5, 5.41) is 7.10. The van der Waals surface area contributed by atoms with E-state index in [0.717, 1.165) is 24.5 Å². The van der Waals surface area contributed by atoms with E-state index in [1.54, 1.807) is 14.2 Å². The van der Waals surface area contributed by atoms with Crippen LogP contribution in [0.2, 0.25) is 0 Å². The number of anilines is 2. The minimum absolute atomic E-state index is 0.0969. The van der Waals surface area contributed by atoms with E-state index >= 15 is 0 Å². The Morgan fingerprint density at radius 2 is 1.71 bits per heavy atom. The van der Waals surface area contributed by atoms with Crippen molar-refractivity contribution in [2.45, 2.75) is 32.2 Å². The molecule has 0 saturated carbocycles. The minimum Gasteiger partial charge on any atom is -0.497 e. The highest BCUT2D eigenvalue weighted by Crippen LogP contribution is 2.29. The number of nitrogens with zero attached hydrogens (tertiary/aromatic N) is 1. The van der Waals surface area contributed by atoms with Crippen LogP contribution >= 0.6 is 12.2 Å². The molecule has 1 heterocycles. The van der Waals surface area contributed by atoms with Crippen molar-refractivity contribution in [1.29, 1.82) is 0 Å². The van der Waals surface area contributed by atoms with E-state index in [0.29, 0.717) is 10.9 Å². The number of benzene rings is 2. The van der Waals surface area contributed by atoms with Crippen LogP contribution in [-0.4, -0.2) is 32.4 Å². The third kappa shape index (κ3) is 5.07. The van der Waals surface area contributed by atoms with Crippen LogP contribution in [0.3, 0.4) is 0 Å². The fourth-order valence-electron chi connectivity index (χ4n) is 3.47. The molecule has 0 aromatic heterocycles. The molecule has 1 fully saturated rings. The zero-order valence-electron chi connectivity index (χ0n) is 16.8. The standard InChI is InChI=1S/C22H29N3O2S/c1-16(17-7-9-18(10-8-17)25-13-5-4-6-14-25)23-22(28)24-20-12-11-19(26-2)15-21(20)27-3/h7-12,15-16H,4-6,13-14H2,1-3H3,(H2,23,24,28)/t16-/m0/s1. The normalized spacial score (nSPS) is 14.9. The van der Waals surface area contributed by atoms with Crippen molar-refractivity contribution in [2.75, 3.05) is 37.5 Å². The van der Waals surface area contributed by atoms with E-state index in [1.807, 2.05) is 18.2 Å². The fourth-order valence-corrected chi connectivity index (χ4v) is 3.75. The SMILES string of the molecule is COc1ccc(NC(=S)N[C@@H](C)c2ccc(N3CCCCC3)cc2)c(OC)c1. The molecule has 1 aliphatic heterocycles. The zero-order valence-corrected chi connectivity index (χ0v) is 17.6. The van der Waals surface area contributed by atoms with Gasteiger partial charge in [-0.15, -0.1) is 0 Å². The second-order valence-corrected chi connectivity index (χ2v) is 7.43. The van der Waals surface area contributed by atoms with Crippen molar-refractivity contribution in [3.05, 3.63) is 48.0 Å². The predicted octanol–water partition coefficient (Wildman–Crippen LogP) is 4.74. The summed E-state index contributed by atoms with van der Waals surface area (Å²) in [5.41, 5.74) is 3.30. The largest absolute Gasteiger partial charge is 0.497 e. The molecule has 28 heavy (non-hydrogen) atoms. The fraction of sp³-hybridized carbons (Fsp3) is 0.409. The van der Waals surface area contributed by atoms with Gasteiger partial charge in [0.1, 0.15) is 11.5 Å². The molecule has 3 rings (SSSR count). The molecule has 0 radical (unpaired) electrons.